The Morgan fingerprint density at radius 3 is 2.38 bits per heavy atom. The molecule has 0 aliphatic rings. The van der Waals surface area contributed by atoms with Crippen LogP contribution in [0.3, 0.4) is 0 Å². The number of fused-ring (bicyclic) bond motifs is 1. The molecule has 68 valence electrons. The third kappa shape index (κ3) is 2.28. The summed E-state index contributed by atoms with van der Waals surface area (Å²) in [7, 11) is 0. The van der Waals surface area contributed by atoms with Crippen LogP contribution in [0, 0.1) is 6.92 Å². The molecule has 0 fully saturated rings. The highest BCUT2D eigenvalue weighted by Crippen LogP contribution is 2.10. The number of rotatable bonds is 0. The lowest BCUT2D eigenvalue weighted by atomic mass is 10.2. The van der Waals surface area contributed by atoms with E-state index in [1.54, 1.807) is 0 Å². The van der Waals surface area contributed by atoms with E-state index in [4.69, 9.17) is 0 Å². The Hall–Kier alpha value is -1.37. The molecular formula is C12H15N. The molecule has 0 aliphatic heterocycles. The van der Waals surface area contributed by atoms with Crippen LogP contribution in [0.25, 0.3) is 10.9 Å². The van der Waals surface area contributed by atoms with Crippen LogP contribution in [-0.4, -0.2) is 4.98 Å². The molecule has 2 rings (SSSR count). The first-order valence-corrected chi connectivity index (χ1v) is 4.69. The normalized spacial score (nSPS) is 9.15. The van der Waals surface area contributed by atoms with Crippen molar-refractivity contribution in [3.63, 3.8) is 0 Å². The maximum Gasteiger partial charge on any atom is 0.0705 e. The largest absolute Gasteiger partial charge is 0.253 e. The fourth-order valence-corrected chi connectivity index (χ4v) is 1.17. The molecule has 1 aromatic heterocycles. The molecule has 0 bridgehead atoms. The van der Waals surface area contributed by atoms with Crippen LogP contribution in [0.1, 0.15) is 19.5 Å². The van der Waals surface area contributed by atoms with Gasteiger partial charge in [-0.15, -0.1) is 0 Å². The summed E-state index contributed by atoms with van der Waals surface area (Å²) in [4.78, 5) is 4.38. The Morgan fingerprint density at radius 2 is 1.62 bits per heavy atom. The fraction of sp³-hybridized carbons (Fsp3) is 0.250. The van der Waals surface area contributed by atoms with Crippen LogP contribution in [0.2, 0.25) is 0 Å². The van der Waals surface area contributed by atoms with Crippen LogP contribution in [0.5, 0.6) is 0 Å². The van der Waals surface area contributed by atoms with Crippen molar-refractivity contribution in [1.29, 1.82) is 0 Å². The molecule has 0 aliphatic carbocycles. The van der Waals surface area contributed by atoms with E-state index in [0.29, 0.717) is 0 Å². The van der Waals surface area contributed by atoms with Crippen LogP contribution in [0.15, 0.2) is 36.4 Å². The number of benzene rings is 1. The van der Waals surface area contributed by atoms with Crippen LogP contribution in [0.4, 0.5) is 0 Å². The van der Waals surface area contributed by atoms with Crippen LogP contribution >= 0.6 is 0 Å². The zero-order chi connectivity index (χ0) is 9.68. The predicted octanol–water partition coefficient (Wildman–Crippen LogP) is 3.57. The smallest absolute Gasteiger partial charge is 0.0705 e. The number of pyridine rings is 1. The SMILES string of the molecule is CC.Cc1ccc2ccccc2n1. The van der Waals surface area contributed by atoms with Gasteiger partial charge in [-0.05, 0) is 19.1 Å². The molecule has 13 heavy (non-hydrogen) atoms. The van der Waals surface area contributed by atoms with Gasteiger partial charge in [-0.25, -0.2) is 0 Å². The number of hydrogen-bond acceptors (Lipinski definition) is 1. The average molecular weight is 173 g/mol. The molecule has 0 saturated heterocycles. The second-order valence-electron chi connectivity index (χ2n) is 2.65. The predicted molar refractivity (Wildman–Crippen MR) is 57.8 cm³/mol. The molecule has 2 aromatic rings. The summed E-state index contributed by atoms with van der Waals surface area (Å²) in [5.74, 6) is 0. The van der Waals surface area contributed by atoms with Gasteiger partial charge in [0.2, 0.25) is 0 Å². The lowest BCUT2D eigenvalue weighted by molar-refractivity contribution is 1.26. The summed E-state index contributed by atoms with van der Waals surface area (Å²) in [6.07, 6.45) is 0. The van der Waals surface area contributed by atoms with Crippen LogP contribution in [-0.2, 0) is 0 Å². The van der Waals surface area contributed by atoms with Gasteiger partial charge in [-0.3, -0.25) is 4.98 Å². The summed E-state index contributed by atoms with van der Waals surface area (Å²) in [5, 5.41) is 1.21. The molecule has 0 N–H and O–H groups in total. The van der Waals surface area contributed by atoms with Gasteiger partial charge in [0.15, 0.2) is 0 Å². The molecule has 1 aromatic carbocycles. The molecule has 0 amide bonds. The minimum Gasteiger partial charge on any atom is -0.253 e. The van der Waals surface area contributed by atoms with Crippen molar-refractivity contribution in [3.8, 4) is 0 Å². The Bertz CT molecular complexity index is 380. The van der Waals surface area contributed by atoms with Gasteiger partial charge in [-0.1, -0.05) is 38.1 Å². The summed E-state index contributed by atoms with van der Waals surface area (Å²) >= 11 is 0. The van der Waals surface area contributed by atoms with Crippen LogP contribution < -0.4 is 0 Å². The van der Waals surface area contributed by atoms with Crippen molar-refractivity contribution in [2.24, 2.45) is 0 Å². The molecule has 0 unspecified atom stereocenters. The van der Waals surface area contributed by atoms with Gasteiger partial charge in [0.25, 0.3) is 0 Å². The molecule has 0 spiro atoms. The number of para-hydroxylation sites is 1. The van der Waals surface area contributed by atoms with Crippen molar-refractivity contribution in [2.45, 2.75) is 20.8 Å². The molecule has 0 radical (unpaired) electrons. The maximum atomic E-state index is 4.38. The monoisotopic (exact) mass is 173 g/mol. The van der Waals surface area contributed by atoms with Crippen molar-refractivity contribution >= 4 is 10.9 Å². The van der Waals surface area contributed by atoms with Gasteiger partial charge in [-0.2, -0.15) is 0 Å². The lowest BCUT2D eigenvalue weighted by Crippen LogP contribution is -1.80. The van der Waals surface area contributed by atoms with Crippen molar-refractivity contribution in [2.75, 3.05) is 0 Å². The van der Waals surface area contributed by atoms with Crippen molar-refractivity contribution in [3.05, 3.63) is 42.1 Å². The van der Waals surface area contributed by atoms with E-state index in [-0.39, 0.29) is 0 Å². The van der Waals surface area contributed by atoms with E-state index in [1.165, 1.54) is 5.39 Å². The molecule has 1 nitrogen and oxygen atoms in total. The molecule has 0 atom stereocenters. The summed E-state index contributed by atoms with van der Waals surface area (Å²) in [6.45, 7) is 6.01. The maximum absolute atomic E-state index is 4.38. The van der Waals surface area contributed by atoms with Gasteiger partial charge >= 0.3 is 0 Å². The third-order valence-corrected chi connectivity index (χ3v) is 1.74. The summed E-state index contributed by atoms with van der Waals surface area (Å²) in [5.41, 5.74) is 2.15. The first-order chi connectivity index (χ1) is 6.36. The first kappa shape index (κ1) is 9.72. The quantitative estimate of drug-likeness (QED) is 0.593. The Balaban J connectivity index is 0.000000396. The average Bonchev–Trinajstić information content (AvgIpc) is 2.21. The highest BCUT2D eigenvalue weighted by atomic mass is 14.7. The number of aryl methyl sites for hydroxylation is 1. The standard InChI is InChI=1S/C10H9N.C2H6/c1-8-6-7-9-4-2-3-5-10(9)11-8;1-2/h2-7H,1H3;1-2H3. The van der Waals surface area contributed by atoms with E-state index in [9.17, 15) is 0 Å². The highest BCUT2D eigenvalue weighted by molar-refractivity contribution is 5.78. The fourth-order valence-electron chi connectivity index (χ4n) is 1.17. The van der Waals surface area contributed by atoms with Crippen molar-refractivity contribution < 1.29 is 0 Å². The van der Waals surface area contributed by atoms with E-state index < -0.39 is 0 Å². The lowest BCUT2D eigenvalue weighted by Gasteiger charge is -1.95. The van der Waals surface area contributed by atoms with E-state index in [1.807, 2.05) is 45.0 Å². The highest BCUT2D eigenvalue weighted by Gasteiger charge is 1.90. The zero-order valence-corrected chi connectivity index (χ0v) is 8.41. The summed E-state index contributed by atoms with van der Waals surface area (Å²) in [6, 6.07) is 12.3. The Labute approximate surface area is 79.4 Å². The van der Waals surface area contributed by atoms with Gasteiger partial charge in [0, 0.05) is 11.1 Å². The molecule has 0 saturated carbocycles. The number of aromatic nitrogens is 1. The van der Waals surface area contributed by atoms with Crippen molar-refractivity contribution in [1.82, 2.24) is 4.98 Å². The molecular weight excluding hydrogens is 158 g/mol. The third-order valence-electron chi connectivity index (χ3n) is 1.74. The van der Waals surface area contributed by atoms with E-state index in [2.05, 4.69) is 17.1 Å². The number of nitrogens with zero attached hydrogens (tertiary/aromatic N) is 1. The second kappa shape index (κ2) is 4.61. The number of hydrogen-bond donors (Lipinski definition) is 0. The van der Waals surface area contributed by atoms with Gasteiger partial charge in [0.05, 0.1) is 5.52 Å². The van der Waals surface area contributed by atoms with Gasteiger partial charge < -0.3 is 0 Å². The van der Waals surface area contributed by atoms with E-state index in [0.717, 1.165) is 11.2 Å². The second-order valence-corrected chi connectivity index (χ2v) is 2.65. The molecule has 1 heterocycles. The van der Waals surface area contributed by atoms with Gasteiger partial charge in [0.1, 0.15) is 0 Å². The first-order valence-electron chi connectivity index (χ1n) is 4.69. The Kier molecular flexibility index (Phi) is 3.44. The summed E-state index contributed by atoms with van der Waals surface area (Å²) < 4.78 is 0. The Morgan fingerprint density at radius 1 is 0.923 bits per heavy atom. The zero-order valence-electron chi connectivity index (χ0n) is 8.41. The topological polar surface area (TPSA) is 12.9 Å². The minimum atomic E-state index is 1.07. The minimum absolute atomic E-state index is 1.07. The van der Waals surface area contributed by atoms with E-state index >= 15 is 0 Å². The molecule has 1 heteroatoms.